The van der Waals surface area contributed by atoms with Crippen molar-refractivity contribution in [1.29, 1.82) is 0 Å². The number of hydrogen-bond acceptors (Lipinski definition) is 7. The number of carbonyl (C=O) groups is 1. The van der Waals surface area contributed by atoms with E-state index in [0.29, 0.717) is 23.1 Å². The minimum Gasteiger partial charge on any atom is -0.460 e. The van der Waals surface area contributed by atoms with E-state index in [1.807, 2.05) is 54.6 Å². The van der Waals surface area contributed by atoms with Gasteiger partial charge in [0.15, 0.2) is 0 Å². The minimum atomic E-state index is -3.98. The third-order valence-electron chi connectivity index (χ3n) is 6.61. The number of hydrogen-bond donors (Lipinski definition) is 1. The molecule has 0 amide bonds. The summed E-state index contributed by atoms with van der Waals surface area (Å²) in [4.78, 5) is 14.5. The molecule has 1 aliphatic heterocycles. The number of para-hydroxylation sites is 2. The third kappa shape index (κ3) is 5.39. The zero-order valence-corrected chi connectivity index (χ0v) is 22.1. The molecule has 3 aromatic carbocycles. The maximum Gasteiger partial charge on any atom is 0.374 e. The van der Waals surface area contributed by atoms with E-state index in [1.54, 1.807) is 25.1 Å². The van der Waals surface area contributed by atoms with Crippen molar-refractivity contribution in [3.8, 4) is 0 Å². The summed E-state index contributed by atoms with van der Waals surface area (Å²) < 4.78 is 40.7. The van der Waals surface area contributed by atoms with E-state index in [0.717, 1.165) is 37.4 Å². The lowest BCUT2D eigenvalue weighted by Gasteiger charge is -2.34. The highest BCUT2D eigenvalue weighted by atomic mass is 32.2. The first-order valence-corrected chi connectivity index (χ1v) is 14.2. The highest BCUT2D eigenvalue weighted by Gasteiger charge is 2.29. The number of furan rings is 1. The molecule has 9 heteroatoms. The van der Waals surface area contributed by atoms with Crippen LogP contribution in [-0.2, 0) is 21.2 Å². The van der Waals surface area contributed by atoms with E-state index in [4.69, 9.17) is 9.15 Å². The van der Waals surface area contributed by atoms with Crippen molar-refractivity contribution < 1.29 is 22.4 Å². The van der Waals surface area contributed by atoms with Gasteiger partial charge in [0.05, 0.1) is 22.9 Å². The van der Waals surface area contributed by atoms with Crippen molar-refractivity contribution in [2.75, 3.05) is 48.5 Å². The monoisotopic (exact) mass is 533 g/mol. The average molecular weight is 534 g/mol. The molecule has 2 heterocycles. The molecule has 0 radical (unpaired) electrons. The second-order valence-electron chi connectivity index (χ2n) is 9.07. The number of carbonyl (C=O) groups excluding carboxylic acids is 1. The molecule has 0 unspecified atom stereocenters. The molecule has 1 aromatic heterocycles. The van der Waals surface area contributed by atoms with Gasteiger partial charge in [-0.2, -0.15) is 0 Å². The Morgan fingerprint density at radius 1 is 1.00 bits per heavy atom. The van der Waals surface area contributed by atoms with Gasteiger partial charge in [-0.15, -0.1) is 0 Å². The molecule has 1 fully saturated rings. The van der Waals surface area contributed by atoms with Crippen LogP contribution in [0, 0.1) is 0 Å². The fraction of sp³-hybridized carbons (Fsp3) is 0.276. The molecule has 1 saturated heterocycles. The molecule has 38 heavy (non-hydrogen) atoms. The Morgan fingerprint density at radius 3 is 2.50 bits per heavy atom. The van der Waals surface area contributed by atoms with Crippen LogP contribution >= 0.6 is 0 Å². The highest BCUT2D eigenvalue weighted by molar-refractivity contribution is 7.92. The predicted octanol–water partition coefficient (Wildman–Crippen LogP) is 4.46. The number of ether oxygens (including phenoxy) is 1. The van der Waals surface area contributed by atoms with E-state index >= 15 is 0 Å². The second-order valence-corrected chi connectivity index (χ2v) is 10.9. The lowest BCUT2D eigenvalue weighted by molar-refractivity contribution is 0.0492. The molecule has 198 valence electrons. The molecule has 5 rings (SSSR count). The van der Waals surface area contributed by atoms with E-state index in [2.05, 4.69) is 10.2 Å². The zero-order chi connectivity index (χ0) is 26.5. The van der Waals surface area contributed by atoms with Crippen LogP contribution in [0.4, 0.5) is 11.4 Å². The number of anilines is 2. The van der Waals surface area contributed by atoms with Gasteiger partial charge in [-0.05, 0) is 49.2 Å². The average Bonchev–Trinajstić information content (AvgIpc) is 3.38. The molecular formula is C29H31N3O5S. The maximum absolute atomic E-state index is 14.2. The van der Waals surface area contributed by atoms with Crippen LogP contribution in [0.1, 0.15) is 23.0 Å². The smallest absolute Gasteiger partial charge is 0.374 e. The number of esters is 1. The molecule has 0 spiro atoms. The number of rotatable bonds is 9. The first-order chi connectivity index (χ1) is 18.5. The minimum absolute atomic E-state index is 0.0429. The van der Waals surface area contributed by atoms with Crippen LogP contribution < -0.4 is 14.5 Å². The molecule has 0 bridgehead atoms. The first-order valence-electron chi connectivity index (χ1n) is 12.8. The topological polar surface area (TPSA) is 92.1 Å². The third-order valence-corrected chi connectivity index (χ3v) is 8.42. The van der Waals surface area contributed by atoms with Gasteiger partial charge in [-0.1, -0.05) is 42.5 Å². The van der Waals surface area contributed by atoms with Gasteiger partial charge in [0.1, 0.15) is 5.58 Å². The van der Waals surface area contributed by atoms with Gasteiger partial charge in [0.25, 0.3) is 10.0 Å². The SMILES string of the molecule is CCOC(=O)c1cc2ccc(S(=O)(=O)N(CCc3ccccc3)c3ccccc3N3CCNCC3)cc2o1. The first kappa shape index (κ1) is 25.8. The van der Waals surface area contributed by atoms with Crippen LogP contribution in [0.5, 0.6) is 0 Å². The van der Waals surface area contributed by atoms with E-state index in [1.165, 1.54) is 10.4 Å². The van der Waals surface area contributed by atoms with Crippen molar-refractivity contribution in [2.24, 2.45) is 0 Å². The maximum atomic E-state index is 14.2. The molecule has 1 N–H and O–H groups in total. The Bertz CT molecular complexity index is 1510. The molecule has 0 saturated carbocycles. The Labute approximate surface area is 222 Å². The lowest BCUT2D eigenvalue weighted by Crippen LogP contribution is -2.44. The summed E-state index contributed by atoms with van der Waals surface area (Å²) in [5.41, 5.74) is 2.88. The zero-order valence-electron chi connectivity index (χ0n) is 21.3. The number of nitrogens with one attached hydrogen (secondary N) is 1. The molecule has 8 nitrogen and oxygen atoms in total. The predicted molar refractivity (Wildman–Crippen MR) is 148 cm³/mol. The number of sulfonamides is 1. The summed E-state index contributed by atoms with van der Waals surface area (Å²) in [6.07, 6.45) is 0.548. The molecular weight excluding hydrogens is 502 g/mol. The van der Waals surface area contributed by atoms with Gasteiger partial charge in [0.2, 0.25) is 5.76 Å². The highest BCUT2D eigenvalue weighted by Crippen LogP contribution is 2.35. The van der Waals surface area contributed by atoms with Crippen molar-refractivity contribution in [2.45, 2.75) is 18.2 Å². The van der Waals surface area contributed by atoms with E-state index in [9.17, 15) is 13.2 Å². The summed E-state index contributed by atoms with van der Waals surface area (Å²) in [6, 6.07) is 23.8. The van der Waals surface area contributed by atoms with Crippen molar-refractivity contribution in [3.63, 3.8) is 0 Å². The summed E-state index contributed by atoms with van der Waals surface area (Å²) in [5, 5.41) is 3.98. The van der Waals surface area contributed by atoms with Crippen molar-refractivity contribution in [3.05, 3.63) is 90.2 Å². The molecule has 0 atom stereocenters. The van der Waals surface area contributed by atoms with Crippen molar-refractivity contribution >= 4 is 38.3 Å². The lowest BCUT2D eigenvalue weighted by atomic mass is 10.1. The van der Waals surface area contributed by atoms with Gasteiger partial charge in [0, 0.05) is 44.2 Å². The normalized spacial score (nSPS) is 14.0. The Morgan fingerprint density at radius 2 is 1.74 bits per heavy atom. The van der Waals surface area contributed by atoms with E-state index < -0.39 is 16.0 Å². The van der Waals surface area contributed by atoms with Gasteiger partial charge in [-0.3, -0.25) is 4.31 Å². The van der Waals surface area contributed by atoms with Crippen LogP contribution in [0.25, 0.3) is 11.0 Å². The number of benzene rings is 3. The number of piperazine rings is 1. The van der Waals surface area contributed by atoms with Crippen LogP contribution in [-0.4, -0.2) is 53.7 Å². The van der Waals surface area contributed by atoms with Gasteiger partial charge >= 0.3 is 5.97 Å². The molecule has 1 aliphatic rings. The fourth-order valence-electron chi connectivity index (χ4n) is 4.70. The summed E-state index contributed by atoms with van der Waals surface area (Å²) >= 11 is 0. The Hall–Kier alpha value is -3.82. The summed E-state index contributed by atoms with van der Waals surface area (Å²) in [5.74, 6) is -0.538. The quantitative estimate of drug-likeness (QED) is 0.318. The van der Waals surface area contributed by atoms with E-state index in [-0.39, 0.29) is 23.8 Å². The van der Waals surface area contributed by atoms with Crippen LogP contribution in [0.15, 0.2) is 88.2 Å². The van der Waals surface area contributed by atoms with Gasteiger partial charge < -0.3 is 19.4 Å². The summed E-state index contributed by atoms with van der Waals surface area (Å²) in [6.45, 7) is 5.45. The van der Waals surface area contributed by atoms with Crippen LogP contribution in [0.3, 0.4) is 0 Å². The Kier molecular flexibility index (Phi) is 7.67. The number of fused-ring (bicyclic) bond motifs is 1. The standard InChI is InChI=1S/C29H31N3O5S/c1-2-36-29(33)28-20-23-12-13-24(21-27(23)37-28)38(34,35)32(17-14-22-8-4-3-5-9-22)26-11-7-6-10-25(26)31-18-15-30-16-19-31/h3-13,20-21,30H,2,14-19H2,1H3. The van der Waals surface area contributed by atoms with Gasteiger partial charge in [-0.25, -0.2) is 13.2 Å². The molecule has 4 aromatic rings. The molecule has 0 aliphatic carbocycles. The van der Waals surface area contributed by atoms with Crippen LogP contribution in [0.2, 0.25) is 0 Å². The van der Waals surface area contributed by atoms with Crippen molar-refractivity contribution in [1.82, 2.24) is 5.32 Å². The number of nitrogens with zero attached hydrogens (tertiary/aromatic N) is 2. The largest absolute Gasteiger partial charge is 0.460 e. The summed E-state index contributed by atoms with van der Waals surface area (Å²) in [7, 11) is -3.98. The Balaban J connectivity index is 1.55. The fourth-order valence-corrected chi connectivity index (χ4v) is 6.19. The second kappa shape index (κ2) is 11.3.